The molecule has 8 heteroatoms. The van der Waals surface area contributed by atoms with E-state index in [4.69, 9.17) is 5.73 Å². The summed E-state index contributed by atoms with van der Waals surface area (Å²) in [6, 6.07) is 6.46. The van der Waals surface area contributed by atoms with Crippen molar-refractivity contribution in [1.29, 1.82) is 0 Å². The highest BCUT2D eigenvalue weighted by Crippen LogP contribution is 2.30. The van der Waals surface area contributed by atoms with Crippen molar-refractivity contribution in [3.8, 4) is 0 Å². The van der Waals surface area contributed by atoms with Crippen LogP contribution in [0.15, 0.2) is 24.3 Å². The topological polar surface area (TPSA) is 89.9 Å². The van der Waals surface area contributed by atoms with Crippen molar-refractivity contribution in [2.24, 2.45) is 17.6 Å². The van der Waals surface area contributed by atoms with Crippen LogP contribution in [-0.4, -0.2) is 44.1 Å². The van der Waals surface area contributed by atoms with Gasteiger partial charge in [0.25, 0.3) is 0 Å². The molecule has 0 bridgehead atoms. The van der Waals surface area contributed by atoms with Gasteiger partial charge in [0, 0.05) is 5.92 Å². The second kappa shape index (κ2) is 8.56. The van der Waals surface area contributed by atoms with Crippen molar-refractivity contribution in [1.82, 2.24) is 25.1 Å². The molecular weight excluding hydrogens is 347 g/mol. The standard InChI is InChI=1S/C19H27FN6O/c1-13(2)11-17(25-9-7-15(8-10-25)18(21)27)19-22-23-24-26(19)12-14-3-5-16(20)6-4-14/h3-6,13,15,17H,7-12H2,1-2H3,(H2,21,27)/t17-/m1/s1. The average Bonchev–Trinajstić information content (AvgIpc) is 3.09. The molecule has 3 rings (SSSR count). The van der Waals surface area contributed by atoms with Gasteiger partial charge >= 0.3 is 0 Å². The molecule has 1 aromatic carbocycles. The zero-order chi connectivity index (χ0) is 19.4. The molecule has 1 aromatic heterocycles. The van der Waals surface area contributed by atoms with Crippen LogP contribution in [-0.2, 0) is 11.3 Å². The van der Waals surface area contributed by atoms with Gasteiger partial charge in [0.2, 0.25) is 5.91 Å². The Morgan fingerprint density at radius 2 is 1.93 bits per heavy atom. The van der Waals surface area contributed by atoms with Gasteiger partial charge in [-0.25, -0.2) is 9.07 Å². The minimum Gasteiger partial charge on any atom is -0.369 e. The molecule has 0 aliphatic carbocycles. The van der Waals surface area contributed by atoms with Gasteiger partial charge < -0.3 is 5.73 Å². The van der Waals surface area contributed by atoms with Crippen LogP contribution in [0.4, 0.5) is 4.39 Å². The smallest absolute Gasteiger partial charge is 0.220 e. The fourth-order valence-corrected chi connectivity index (χ4v) is 3.69. The van der Waals surface area contributed by atoms with Crippen LogP contribution in [0.2, 0.25) is 0 Å². The van der Waals surface area contributed by atoms with E-state index in [9.17, 15) is 9.18 Å². The molecule has 0 spiro atoms. The van der Waals surface area contributed by atoms with Crippen LogP contribution in [0.1, 0.15) is 50.5 Å². The Hall–Kier alpha value is -2.35. The minimum absolute atomic E-state index is 0.0452. The van der Waals surface area contributed by atoms with Gasteiger partial charge in [-0.1, -0.05) is 26.0 Å². The molecule has 2 heterocycles. The minimum atomic E-state index is -0.259. The van der Waals surface area contributed by atoms with Crippen LogP contribution in [0.3, 0.4) is 0 Å². The number of carbonyl (C=O) groups excluding carboxylic acids is 1. The number of nitrogens with two attached hydrogens (primary N) is 1. The van der Waals surface area contributed by atoms with E-state index in [1.165, 1.54) is 12.1 Å². The fourth-order valence-electron chi connectivity index (χ4n) is 3.69. The lowest BCUT2D eigenvalue weighted by Crippen LogP contribution is -2.41. The molecule has 0 unspecified atom stereocenters. The summed E-state index contributed by atoms with van der Waals surface area (Å²) in [4.78, 5) is 13.8. The zero-order valence-corrected chi connectivity index (χ0v) is 15.9. The Kier molecular flexibility index (Phi) is 6.15. The number of carbonyl (C=O) groups is 1. The van der Waals surface area contributed by atoms with Crippen molar-refractivity contribution in [2.45, 2.75) is 45.7 Å². The number of halogens is 1. The molecular formula is C19H27FN6O. The maximum absolute atomic E-state index is 13.2. The summed E-state index contributed by atoms with van der Waals surface area (Å²) in [6.07, 6.45) is 2.46. The molecule has 2 N–H and O–H groups in total. The van der Waals surface area contributed by atoms with Crippen molar-refractivity contribution in [3.63, 3.8) is 0 Å². The Bertz CT molecular complexity index is 752. The highest BCUT2D eigenvalue weighted by atomic mass is 19.1. The predicted octanol–water partition coefficient (Wildman–Crippen LogP) is 2.14. The lowest BCUT2D eigenvalue weighted by atomic mass is 9.93. The van der Waals surface area contributed by atoms with Gasteiger partial charge in [0.15, 0.2) is 5.82 Å². The molecule has 27 heavy (non-hydrogen) atoms. The van der Waals surface area contributed by atoms with Gasteiger partial charge in [-0.3, -0.25) is 9.69 Å². The third-order valence-corrected chi connectivity index (χ3v) is 5.17. The summed E-state index contributed by atoms with van der Waals surface area (Å²) in [5.74, 6) is 0.767. The largest absolute Gasteiger partial charge is 0.369 e. The number of hydrogen-bond donors (Lipinski definition) is 1. The quantitative estimate of drug-likeness (QED) is 0.802. The normalized spacial score (nSPS) is 17.3. The van der Waals surface area contributed by atoms with E-state index in [2.05, 4.69) is 34.3 Å². The van der Waals surface area contributed by atoms with Crippen molar-refractivity contribution in [2.75, 3.05) is 13.1 Å². The molecule has 2 aromatic rings. The Balaban J connectivity index is 1.78. The number of tetrazole rings is 1. The third-order valence-electron chi connectivity index (χ3n) is 5.17. The Morgan fingerprint density at radius 3 is 2.52 bits per heavy atom. The van der Waals surface area contributed by atoms with Crippen LogP contribution in [0, 0.1) is 17.7 Å². The number of amides is 1. The predicted molar refractivity (Wildman–Crippen MR) is 99.0 cm³/mol. The van der Waals surface area contributed by atoms with E-state index in [0.29, 0.717) is 12.5 Å². The van der Waals surface area contributed by atoms with Crippen molar-refractivity contribution in [3.05, 3.63) is 41.5 Å². The van der Waals surface area contributed by atoms with Crippen molar-refractivity contribution < 1.29 is 9.18 Å². The second-order valence-electron chi connectivity index (χ2n) is 7.68. The van der Waals surface area contributed by atoms with Crippen molar-refractivity contribution >= 4 is 5.91 Å². The first-order valence-electron chi connectivity index (χ1n) is 9.48. The summed E-state index contributed by atoms with van der Waals surface area (Å²) in [5, 5.41) is 12.4. The maximum Gasteiger partial charge on any atom is 0.220 e. The summed E-state index contributed by atoms with van der Waals surface area (Å²) < 4.78 is 15.0. The molecule has 1 amide bonds. The number of likely N-dealkylation sites (tertiary alicyclic amines) is 1. The number of benzene rings is 1. The van der Waals surface area contributed by atoms with E-state index >= 15 is 0 Å². The summed E-state index contributed by atoms with van der Waals surface area (Å²) >= 11 is 0. The molecule has 0 saturated carbocycles. The molecule has 1 aliphatic rings. The van der Waals surface area contributed by atoms with Gasteiger partial charge in [-0.2, -0.15) is 0 Å². The van der Waals surface area contributed by atoms with E-state index in [-0.39, 0.29) is 23.7 Å². The number of hydrogen-bond acceptors (Lipinski definition) is 5. The number of nitrogens with zero attached hydrogens (tertiary/aromatic N) is 5. The fraction of sp³-hybridized carbons (Fsp3) is 0.579. The highest BCUT2D eigenvalue weighted by molar-refractivity contribution is 5.76. The molecule has 1 atom stereocenters. The first-order valence-corrected chi connectivity index (χ1v) is 9.48. The van der Waals surface area contributed by atoms with Crippen LogP contribution < -0.4 is 5.73 Å². The maximum atomic E-state index is 13.2. The first kappa shape index (κ1) is 19.4. The third kappa shape index (κ3) is 4.88. The van der Waals surface area contributed by atoms with E-state index in [1.807, 2.05) is 0 Å². The molecule has 7 nitrogen and oxygen atoms in total. The van der Waals surface area contributed by atoms with E-state index < -0.39 is 0 Å². The molecule has 146 valence electrons. The van der Waals surface area contributed by atoms with E-state index in [1.54, 1.807) is 16.8 Å². The Labute approximate surface area is 158 Å². The van der Waals surface area contributed by atoms with Crippen LogP contribution in [0.5, 0.6) is 0 Å². The molecule has 1 saturated heterocycles. The van der Waals surface area contributed by atoms with Gasteiger partial charge in [-0.05, 0) is 66.4 Å². The van der Waals surface area contributed by atoms with Crippen LogP contribution in [0.25, 0.3) is 0 Å². The van der Waals surface area contributed by atoms with E-state index in [0.717, 1.165) is 43.7 Å². The number of rotatable bonds is 7. The Morgan fingerprint density at radius 1 is 1.26 bits per heavy atom. The summed E-state index contributed by atoms with van der Waals surface area (Å²) in [7, 11) is 0. The summed E-state index contributed by atoms with van der Waals surface area (Å²) in [6.45, 7) is 6.45. The molecule has 1 aliphatic heterocycles. The van der Waals surface area contributed by atoms with Gasteiger partial charge in [-0.15, -0.1) is 5.10 Å². The van der Waals surface area contributed by atoms with Crippen LogP contribution >= 0.6 is 0 Å². The zero-order valence-electron chi connectivity index (χ0n) is 15.9. The van der Waals surface area contributed by atoms with Gasteiger partial charge in [0.1, 0.15) is 5.82 Å². The average molecular weight is 374 g/mol. The van der Waals surface area contributed by atoms with Gasteiger partial charge in [0.05, 0.1) is 12.6 Å². The summed E-state index contributed by atoms with van der Waals surface area (Å²) in [5.41, 5.74) is 6.41. The number of aromatic nitrogens is 4. The first-order chi connectivity index (χ1) is 12.9. The monoisotopic (exact) mass is 374 g/mol. The SMILES string of the molecule is CC(C)C[C@H](c1nnnn1Cc1ccc(F)cc1)N1CCC(C(N)=O)CC1. The highest BCUT2D eigenvalue weighted by Gasteiger charge is 2.31. The lowest BCUT2D eigenvalue weighted by Gasteiger charge is -2.36. The lowest BCUT2D eigenvalue weighted by molar-refractivity contribution is -0.123. The molecule has 1 fully saturated rings. The molecule has 0 radical (unpaired) electrons. The second-order valence-corrected chi connectivity index (χ2v) is 7.68. The number of piperidine rings is 1. The number of primary amides is 1.